The van der Waals surface area contributed by atoms with Crippen molar-refractivity contribution in [1.29, 1.82) is 0 Å². The molecule has 0 spiro atoms. The summed E-state index contributed by atoms with van der Waals surface area (Å²) in [6, 6.07) is 0. The Balaban J connectivity index is 3.16. The zero-order valence-corrected chi connectivity index (χ0v) is 5.15. The van der Waals surface area contributed by atoms with Gasteiger partial charge in [-0.05, 0) is 6.08 Å². The second-order valence-electron chi connectivity index (χ2n) is 1.01. The summed E-state index contributed by atoms with van der Waals surface area (Å²) in [5, 5.41) is 7.80. The summed E-state index contributed by atoms with van der Waals surface area (Å²) >= 11 is 10.6. The molecule has 0 aliphatic carbocycles. The predicted molar refractivity (Wildman–Crippen MR) is 32.1 cm³/mol. The standard InChI is InChI=1S/C4H6Cl2O/c5-3-4(6)1-2-7/h1-2,4,7H,3H2. The van der Waals surface area contributed by atoms with Crippen molar-refractivity contribution < 1.29 is 5.11 Å². The fraction of sp³-hybridized carbons (Fsp3) is 0.500. The van der Waals surface area contributed by atoms with Gasteiger partial charge in [-0.25, -0.2) is 0 Å². The Kier molecular flexibility index (Phi) is 4.36. The van der Waals surface area contributed by atoms with Gasteiger partial charge in [0.05, 0.1) is 11.6 Å². The van der Waals surface area contributed by atoms with E-state index in [-0.39, 0.29) is 5.38 Å². The highest BCUT2D eigenvalue weighted by molar-refractivity contribution is 6.28. The highest BCUT2D eigenvalue weighted by Crippen LogP contribution is 1.98. The Hall–Kier alpha value is 0.120. The zero-order chi connectivity index (χ0) is 5.70. The monoisotopic (exact) mass is 140 g/mol. The van der Waals surface area contributed by atoms with Crippen molar-refractivity contribution in [1.82, 2.24) is 0 Å². The van der Waals surface area contributed by atoms with E-state index >= 15 is 0 Å². The summed E-state index contributed by atoms with van der Waals surface area (Å²) in [5.41, 5.74) is 0. The second-order valence-corrected chi connectivity index (χ2v) is 1.88. The smallest absolute Gasteiger partial charge is 0.0766 e. The van der Waals surface area contributed by atoms with Crippen LogP contribution < -0.4 is 0 Å². The van der Waals surface area contributed by atoms with Crippen LogP contribution in [0.5, 0.6) is 0 Å². The minimum absolute atomic E-state index is 0.244. The van der Waals surface area contributed by atoms with Crippen molar-refractivity contribution in [2.24, 2.45) is 0 Å². The fourth-order valence-corrected chi connectivity index (χ4v) is 0.313. The highest BCUT2D eigenvalue weighted by atomic mass is 35.5. The average Bonchev–Trinajstić information content (AvgIpc) is 1.68. The zero-order valence-electron chi connectivity index (χ0n) is 3.64. The molecule has 0 fully saturated rings. The van der Waals surface area contributed by atoms with E-state index < -0.39 is 0 Å². The average molecular weight is 141 g/mol. The molecule has 0 aromatic carbocycles. The number of allylic oxidation sites excluding steroid dienone is 1. The quantitative estimate of drug-likeness (QED) is 0.459. The van der Waals surface area contributed by atoms with Crippen molar-refractivity contribution in [3.63, 3.8) is 0 Å². The first kappa shape index (κ1) is 7.12. The molecule has 0 bridgehead atoms. The third-order valence-corrected chi connectivity index (χ3v) is 1.23. The largest absolute Gasteiger partial charge is 0.516 e. The predicted octanol–water partition coefficient (Wildman–Crippen LogP) is 1.90. The van der Waals surface area contributed by atoms with Crippen LogP contribution in [-0.2, 0) is 0 Å². The fourth-order valence-electron chi connectivity index (χ4n) is 0.145. The van der Waals surface area contributed by atoms with E-state index in [1.165, 1.54) is 6.08 Å². The molecule has 1 unspecified atom stereocenters. The lowest BCUT2D eigenvalue weighted by molar-refractivity contribution is 0.471. The van der Waals surface area contributed by atoms with E-state index in [1.54, 1.807) is 0 Å². The third-order valence-electron chi connectivity index (χ3n) is 0.442. The number of rotatable bonds is 2. The minimum Gasteiger partial charge on any atom is -0.516 e. The molecule has 1 atom stereocenters. The number of halogens is 2. The van der Waals surface area contributed by atoms with Crippen molar-refractivity contribution in [2.75, 3.05) is 5.88 Å². The van der Waals surface area contributed by atoms with E-state index in [9.17, 15) is 0 Å². The lowest BCUT2D eigenvalue weighted by Gasteiger charge is -1.90. The molecule has 1 nitrogen and oxygen atoms in total. The lowest BCUT2D eigenvalue weighted by Crippen LogP contribution is -1.92. The Morgan fingerprint density at radius 2 is 2.29 bits per heavy atom. The van der Waals surface area contributed by atoms with Crippen LogP contribution in [0.15, 0.2) is 12.3 Å². The van der Waals surface area contributed by atoms with Crippen LogP contribution in [0.3, 0.4) is 0 Å². The SMILES string of the molecule is OC=CC(Cl)CCl. The molecule has 0 saturated carbocycles. The summed E-state index contributed by atoms with van der Waals surface area (Å²) in [7, 11) is 0. The summed E-state index contributed by atoms with van der Waals surface area (Å²) in [4.78, 5) is 0. The van der Waals surface area contributed by atoms with E-state index in [2.05, 4.69) is 0 Å². The molecule has 0 saturated heterocycles. The second kappa shape index (κ2) is 4.28. The summed E-state index contributed by atoms with van der Waals surface area (Å²) in [6.07, 6.45) is 2.30. The normalized spacial score (nSPS) is 15.1. The Labute approximate surface area is 52.5 Å². The van der Waals surface area contributed by atoms with Crippen molar-refractivity contribution in [3.05, 3.63) is 12.3 Å². The van der Waals surface area contributed by atoms with Crippen LogP contribution in [0, 0.1) is 0 Å². The first-order valence-electron chi connectivity index (χ1n) is 1.82. The summed E-state index contributed by atoms with van der Waals surface area (Å²) in [5.74, 6) is 0.332. The summed E-state index contributed by atoms with van der Waals surface area (Å²) in [6.45, 7) is 0. The third kappa shape index (κ3) is 3.96. The maximum atomic E-state index is 8.04. The Morgan fingerprint density at radius 3 is 2.43 bits per heavy atom. The molecule has 1 N–H and O–H groups in total. The lowest BCUT2D eigenvalue weighted by atomic mass is 10.5. The van der Waals surface area contributed by atoms with E-state index in [0.29, 0.717) is 5.88 Å². The van der Waals surface area contributed by atoms with Gasteiger partial charge in [0.15, 0.2) is 0 Å². The Bertz CT molecular complexity index is 62.7. The van der Waals surface area contributed by atoms with E-state index in [1.807, 2.05) is 0 Å². The number of hydrogen-bond donors (Lipinski definition) is 1. The number of aliphatic hydroxyl groups is 1. The topological polar surface area (TPSA) is 20.2 Å². The summed E-state index contributed by atoms with van der Waals surface area (Å²) < 4.78 is 0. The molecular formula is C4H6Cl2O. The number of aliphatic hydroxyl groups excluding tert-OH is 1. The molecule has 42 valence electrons. The van der Waals surface area contributed by atoms with Gasteiger partial charge in [-0.3, -0.25) is 0 Å². The molecule has 0 aliphatic rings. The maximum Gasteiger partial charge on any atom is 0.0766 e. The van der Waals surface area contributed by atoms with Gasteiger partial charge in [0.1, 0.15) is 0 Å². The maximum absolute atomic E-state index is 8.04. The van der Waals surface area contributed by atoms with Crippen LogP contribution in [-0.4, -0.2) is 16.4 Å². The molecule has 0 radical (unpaired) electrons. The molecule has 0 amide bonds. The van der Waals surface area contributed by atoms with Crippen molar-refractivity contribution in [3.8, 4) is 0 Å². The molecule has 0 aromatic heterocycles. The van der Waals surface area contributed by atoms with Gasteiger partial charge < -0.3 is 5.11 Å². The van der Waals surface area contributed by atoms with Gasteiger partial charge in [0.25, 0.3) is 0 Å². The molecule has 0 heterocycles. The first-order chi connectivity index (χ1) is 3.31. The van der Waals surface area contributed by atoms with E-state index in [0.717, 1.165) is 6.26 Å². The van der Waals surface area contributed by atoms with Gasteiger partial charge >= 0.3 is 0 Å². The van der Waals surface area contributed by atoms with Crippen LogP contribution in [0.1, 0.15) is 0 Å². The van der Waals surface area contributed by atoms with Crippen molar-refractivity contribution in [2.45, 2.75) is 5.38 Å². The van der Waals surface area contributed by atoms with E-state index in [4.69, 9.17) is 28.3 Å². The first-order valence-corrected chi connectivity index (χ1v) is 2.79. The van der Waals surface area contributed by atoms with Gasteiger partial charge in [0.2, 0.25) is 0 Å². The highest BCUT2D eigenvalue weighted by Gasteiger charge is 1.92. The Morgan fingerprint density at radius 1 is 1.71 bits per heavy atom. The van der Waals surface area contributed by atoms with Gasteiger partial charge in [-0.15, -0.1) is 23.2 Å². The van der Waals surface area contributed by atoms with Crippen LogP contribution >= 0.6 is 23.2 Å². The molecular weight excluding hydrogens is 135 g/mol. The molecule has 3 heteroatoms. The number of hydrogen-bond acceptors (Lipinski definition) is 1. The van der Waals surface area contributed by atoms with Crippen LogP contribution in [0.2, 0.25) is 0 Å². The van der Waals surface area contributed by atoms with Gasteiger partial charge in [0, 0.05) is 5.88 Å². The van der Waals surface area contributed by atoms with Gasteiger partial charge in [-0.2, -0.15) is 0 Å². The van der Waals surface area contributed by atoms with Crippen LogP contribution in [0.25, 0.3) is 0 Å². The van der Waals surface area contributed by atoms with Crippen LogP contribution in [0.4, 0.5) is 0 Å². The number of alkyl halides is 2. The molecule has 0 aliphatic heterocycles. The molecule has 0 rings (SSSR count). The van der Waals surface area contributed by atoms with Crippen molar-refractivity contribution >= 4 is 23.2 Å². The molecule has 7 heavy (non-hydrogen) atoms. The van der Waals surface area contributed by atoms with Gasteiger partial charge in [-0.1, -0.05) is 0 Å². The molecule has 0 aromatic rings. The minimum atomic E-state index is -0.244.